The van der Waals surface area contributed by atoms with Crippen LogP contribution in [-0.2, 0) is 4.79 Å². The van der Waals surface area contributed by atoms with Gasteiger partial charge in [-0.05, 0) is 85.2 Å². The smallest absolute Gasteiger partial charge is 0.306 e. The number of allylic oxidation sites excluding steroid dienone is 5. The molecule has 0 spiro atoms. The Bertz CT molecular complexity index is 960. The molecule has 8 atom stereocenters. The molecule has 5 heteroatoms. The van der Waals surface area contributed by atoms with E-state index in [2.05, 4.69) is 46.8 Å². The van der Waals surface area contributed by atoms with E-state index in [1.54, 1.807) is 0 Å². The number of fused-ring (bicyclic) bond motifs is 5. The molecule has 4 aliphatic carbocycles. The zero-order valence-electron chi connectivity index (χ0n) is 22.5. The number of hydrogen-bond acceptors (Lipinski definition) is 4. The summed E-state index contributed by atoms with van der Waals surface area (Å²) in [5.74, 6) is -1.44. The zero-order chi connectivity index (χ0) is 26.0. The van der Waals surface area contributed by atoms with Crippen molar-refractivity contribution in [3.63, 3.8) is 0 Å². The molecule has 0 bridgehead atoms. The van der Waals surface area contributed by atoms with Crippen LogP contribution >= 0.6 is 0 Å². The number of hydrogen-bond donors (Lipinski definition) is 4. The SMILES string of the molecule is C/C(=C/CC[C@@H](C(=O)O)[C@H]1[C@H](O)C[C@@]2(C)C3=CC[C@H]4C(C)(C)[C@H](O)CC[C@]4(C)C3=CC[C@]12C)CO. The van der Waals surface area contributed by atoms with Crippen molar-refractivity contribution in [3.8, 4) is 0 Å². The first-order chi connectivity index (χ1) is 16.2. The second kappa shape index (κ2) is 8.85. The average molecular weight is 487 g/mol. The van der Waals surface area contributed by atoms with Crippen LogP contribution in [0, 0.1) is 39.4 Å². The molecule has 4 rings (SSSR count). The minimum absolute atomic E-state index is 0.0149. The molecule has 0 aliphatic heterocycles. The Hall–Kier alpha value is -1.43. The molecular weight excluding hydrogens is 440 g/mol. The summed E-state index contributed by atoms with van der Waals surface area (Å²) in [6, 6.07) is 0. The fourth-order valence-corrected chi connectivity index (χ4v) is 8.85. The second-order valence-electron chi connectivity index (χ2n) is 13.3. The quantitative estimate of drug-likeness (QED) is 0.384. The van der Waals surface area contributed by atoms with Crippen molar-refractivity contribution in [3.05, 3.63) is 34.9 Å². The van der Waals surface area contributed by atoms with E-state index in [0.717, 1.165) is 31.3 Å². The van der Waals surface area contributed by atoms with Gasteiger partial charge >= 0.3 is 5.97 Å². The minimum atomic E-state index is -0.836. The first kappa shape index (κ1) is 26.6. The highest BCUT2D eigenvalue weighted by Gasteiger charge is 2.66. The molecule has 4 N–H and O–H groups in total. The zero-order valence-corrected chi connectivity index (χ0v) is 22.5. The molecular formula is C30H46O5. The van der Waals surface area contributed by atoms with Gasteiger partial charge in [-0.1, -0.05) is 58.4 Å². The van der Waals surface area contributed by atoms with Crippen LogP contribution in [0.3, 0.4) is 0 Å². The Kier molecular flexibility index (Phi) is 6.73. The molecule has 2 saturated carbocycles. The fourth-order valence-electron chi connectivity index (χ4n) is 8.85. The van der Waals surface area contributed by atoms with Crippen molar-refractivity contribution >= 4 is 5.97 Å². The molecule has 0 radical (unpaired) electrons. The number of carboxylic acid groups (broad SMARTS) is 1. The number of carboxylic acids is 1. The Balaban J connectivity index is 1.72. The van der Waals surface area contributed by atoms with Gasteiger partial charge in [-0.3, -0.25) is 4.79 Å². The third-order valence-corrected chi connectivity index (χ3v) is 11.2. The third kappa shape index (κ3) is 3.79. The lowest BCUT2D eigenvalue weighted by Gasteiger charge is -2.61. The van der Waals surface area contributed by atoms with Gasteiger partial charge in [0.25, 0.3) is 0 Å². The van der Waals surface area contributed by atoms with Crippen LogP contribution < -0.4 is 0 Å². The maximum Gasteiger partial charge on any atom is 0.306 e. The molecule has 0 amide bonds. The highest BCUT2D eigenvalue weighted by atomic mass is 16.4. The number of aliphatic carboxylic acids is 1. The summed E-state index contributed by atoms with van der Waals surface area (Å²) >= 11 is 0. The minimum Gasteiger partial charge on any atom is -0.481 e. The lowest BCUT2D eigenvalue weighted by Crippen LogP contribution is -2.54. The van der Waals surface area contributed by atoms with E-state index in [9.17, 15) is 25.2 Å². The van der Waals surface area contributed by atoms with Crippen LogP contribution in [0.25, 0.3) is 0 Å². The second-order valence-corrected chi connectivity index (χ2v) is 13.3. The van der Waals surface area contributed by atoms with E-state index >= 15 is 0 Å². The highest BCUT2D eigenvalue weighted by Crippen LogP contribution is 2.71. The van der Waals surface area contributed by atoms with E-state index in [4.69, 9.17) is 0 Å². The van der Waals surface area contributed by atoms with Gasteiger partial charge in [-0.15, -0.1) is 0 Å². The van der Waals surface area contributed by atoms with E-state index in [0.29, 0.717) is 25.2 Å². The van der Waals surface area contributed by atoms with E-state index in [-0.39, 0.29) is 40.3 Å². The van der Waals surface area contributed by atoms with E-state index in [1.807, 2.05) is 13.0 Å². The molecule has 196 valence electrons. The van der Waals surface area contributed by atoms with Crippen molar-refractivity contribution in [2.75, 3.05) is 6.61 Å². The summed E-state index contributed by atoms with van der Waals surface area (Å²) in [6.45, 7) is 13.1. The maximum atomic E-state index is 12.5. The van der Waals surface area contributed by atoms with Gasteiger partial charge in [0.1, 0.15) is 0 Å². The average Bonchev–Trinajstić information content (AvgIpc) is 2.99. The number of aliphatic hydroxyl groups excluding tert-OH is 3. The predicted molar refractivity (Wildman–Crippen MR) is 138 cm³/mol. The number of rotatable bonds is 6. The van der Waals surface area contributed by atoms with Crippen molar-refractivity contribution in [1.29, 1.82) is 0 Å². The van der Waals surface area contributed by atoms with Gasteiger partial charge in [0.2, 0.25) is 0 Å². The summed E-state index contributed by atoms with van der Waals surface area (Å²) in [7, 11) is 0. The van der Waals surface area contributed by atoms with Gasteiger partial charge in [-0.25, -0.2) is 0 Å². The molecule has 0 unspecified atom stereocenters. The molecule has 0 aromatic carbocycles. The first-order valence-electron chi connectivity index (χ1n) is 13.5. The number of carbonyl (C=O) groups is 1. The van der Waals surface area contributed by atoms with Gasteiger partial charge in [0, 0.05) is 11.3 Å². The molecule has 35 heavy (non-hydrogen) atoms. The molecule has 4 aliphatic rings. The Morgan fingerprint density at radius 2 is 1.83 bits per heavy atom. The summed E-state index contributed by atoms with van der Waals surface area (Å²) < 4.78 is 0. The predicted octanol–water partition coefficient (Wildman–Crippen LogP) is 5.26. The molecule has 2 fully saturated rings. The van der Waals surface area contributed by atoms with E-state index < -0.39 is 18.0 Å². The molecule has 0 aromatic heterocycles. The lowest BCUT2D eigenvalue weighted by molar-refractivity contribution is -0.148. The highest BCUT2D eigenvalue weighted by molar-refractivity contribution is 5.71. The monoisotopic (exact) mass is 486 g/mol. The third-order valence-electron chi connectivity index (χ3n) is 11.2. The summed E-state index contributed by atoms with van der Waals surface area (Å²) in [5, 5.41) is 41.8. The maximum absolute atomic E-state index is 12.5. The normalized spacial score (nSPS) is 43.4. The fraction of sp³-hybridized carbons (Fsp3) is 0.767. The Morgan fingerprint density at radius 3 is 2.46 bits per heavy atom. The van der Waals surface area contributed by atoms with Crippen molar-refractivity contribution in [2.24, 2.45) is 39.4 Å². The Morgan fingerprint density at radius 1 is 1.14 bits per heavy atom. The molecule has 0 saturated heterocycles. The Labute approximate surface area is 211 Å². The van der Waals surface area contributed by atoms with Crippen LogP contribution in [0.15, 0.2) is 34.9 Å². The van der Waals surface area contributed by atoms with Crippen LogP contribution in [0.1, 0.15) is 86.5 Å². The lowest BCUT2D eigenvalue weighted by atomic mass is 9.44. The first-order valence-corrected chi connectivity index (χ1v) is 13.5. The topological polar surface area (TPSA) is 98.0 Å². The summed E-state index contributed by atoms with van der Waals surface area (Å²) in [4.78, 5) is 12.5. The standard InChI is InChI=1S/C30H46O5/c1-18(17-31)8-7-9-19(26(34)35)25-22(32)16-30(6)21-10-11-23-27(2,3)24(33)13-14-28(23,4)20(21)12-15-29(25,30)5/h8,10,12,19,22-25,31-33H,7,9,11,13-17H2,1-6H3,(H,34,35)/b18-8-/t19-,22-,23+,24-,25+,28-,29-,30+/m1/s1. The van der Waals surface area contributed by atoms with Gasteiger partial charge < -0.3 is 20.4 Å². The van der Waals surface area contributed by atoms with Crippen molar-refractivity contribution < 1.29 is 25.2 Å². The largest absolute Gasteiger partial charge is 0.481 e. The summed E-state index contributed by atoms with van der Waals surface area (Å²) in [6.07, 6.45) is 10.7. The van der Waals surface area contributed by atoms with Crippen molar-refractivity contribution in [1.82, 2.24) is 0 Å². The van der Waals surface area contributed by atoms with Crippen LogP contribution in [0.4, 0.5) is 0 Å². The molecule has 0 heterocycles. The van der Waals surface area contributed by atoms with Gasteiger partial charge in [0.15, 0.2) is 0 Å². The molecule has 0 aromatic rings. The summed E-state index contributed by atoms with van der Waals surface area (Å²) in [5.41, 5.74) is 2.72. The van der Waals surface area contributed by atoms with Gasteiger partial charge in [-0.2, -0.15) is 0 Å². The molecule has 5 nitrogen and oxygen atoms in total. The number of aliphatic hydroxyl groups is 3. The van der Waals surface area contributed by atoms with Crippen LogP contribution in [-0.4, -0.2) is 45.2 Å². The van der Waals surface area contributed by atoms with Gasteiger partial charge in [0.05, 0.1) is 24.7 Å². The van der Waals surface area contributed by atoms with Crippen LogP contribution in [0.2, 0.25) is 0 Å². The van der Waals surface area contributed by atoms with E-state index in [1.165, 1.54) is 11.1 Å². The van der Waals surface area contributed by atoms with Crippen LogP contribution in [0.5, 0.6) is 0 Å². The van der Waals surface area contributed by atoms with Crippen molar-refractivity contribution in [2.45, 2.75) is 98.7 Å².